The Balaban J connectivity index is 1.67. The van der Waals surface area contributed by atoms with Crippen molar-refractivity contribution in [3.8, 4) is 11.5 Å². The predicted molar refractivity (Wildman–Crippen MR) is 121 cm³/mol. The molecule has 0 fully saturated rings. The molecule has 0 aromatic heterocycles. The predicted octanol–water partition coefficient (Wildman–Crippen LogP) is 5.91. The summed E-state index contributed by atoms with van der Waals surface area (Å²) in [6, 6.07) is 17.3. The van der Waals surface area contributed by atoms with E-state index in [1.807, 2.05) is 36.4 Å². The maximum Gasteiger partial charge on any atom is 0.275 e. The van der Waals surface area contributed by atoms with Crippen molar-refractivity contribution in [2.24, 2.45) is 5.10 Å². The van der Waals surface area contributed by atoms with Gasteiger partial charge in [0.2, 0.25) is 0 Å². The minimum atomic E-state index is -0.503. The quantitative estimate of drug-likeness (QED) is 0.303. The van der Waals surface area contributed by atoms with Crippen LogP contribution in [0.15, 0.2) is 74.7 Å². The SMILES string of the molecule is O=C(N/N=C\c1cc(Br)c(OCc2ccccc2Cl)c(Br)c1)c1ccccc1O. The number of nitrogens with zero attached hydrogens (tertiary/aromatic N) is 1. The topological polar surface area (TPSA) is 70.9 Å². The lowest BCUT2D eigenvalue weighted by molar-refractivity contribution is 0.0952. The maximum atomic E-state index is 12.1. The average Bonchev–Trinajstić information content (AvgIpc) is 2.69. The lowest BCUT2D eigenvalue weighted by atomic mass is 10.2. The third kappa shape index (κ3) is 5.59. The Bertz CT molecular complexity index is 1050. The molecule has 5 nitrogen and oxygen atoms in total. The van der Waals surface area contributed by atoms with Crippen LogP contribution in [0.3, 0.4) is 0 Å². The molecule has 0 bridgehead atoms. The Kier molecular flexibility index (Phi) is 7.30. The molecule has 0 saturated heterocycles. The van der Waals surface area contributed by atoms with Crippen LogP contribution in [0.25, 0.3) is 0 Å². The Hall–Kier alpha value is -2.35. The van der Waals surface area contributed by atoms with Gasteiger partial charge in [-0.15, -0.1) is 0 Å². The molecule has 29 heavy (non-hydrogen) atoms. The smallest absolute Gasteiger partial charge is 0.275 e. The van der Waals surface area contributed by atoms with E-state index in [-0.39, 0.29) is 11.3 Å². The van der Waals surface area contributed by atoms with Crippen molar-refractivity contribution in [2.45, 2.75) is 6.61 Å². The van der Waals surface area contributed by atoms with E-state index in [4.69, 9.17) is 16.3 Å². The molecule has 148 valence electrons. The number of phenolic OH excluding ortho intramolecular Hbond substituents is 1. The monoisotopic (exact) mass is 536 g/mol. The molecule has 2 N–H and O–H groups in total. The summed E-state index contributed by atoms with van der Waals surface area (Å²) in [6.45, 7) is 0.320. The number of carbonyl (C=O) groups excluding carboxylic acids is 1. The number of hydrogen-bond acceptors (Lipinski definition) is 4. The molecule has 0 atom stereocenters. The molecular formula is C21H15Br2ClN2O3. The number of halogens is 3. The first kappa shape index (κ1) is 21.4. The number of amides is 1. The minimum absolute atomic E-state index is 0.106. The molecule has 3 aromatic carbocycles. The van der Waals surface area contributed by atoms with Crippen LogP contribution in [0.4, 0.5) is 0 Å². The lowest BCUT2D eigenvalue weighted by Gasteiger charge is -2.12. The molecule has 0 heterocycles. The van der Waals surface area contributed by atoms with Gasteiger partial charge in [0.05, 0.1) is 20.7 Å². The van der Waals surface area contributed by atoms with Crippen LogP contribution in [0.1, 0.15) is 21.5 Å². The molecule has 0 unspecified atom stereocenters. The minimum Gasteiger partial charge on any atom is -0.507 e. The number of carbonyl (C=O) groups is 1. The standard InChI is InChI=1S/C21H15Br2ClN2O3/c22-16-9-13(11-25-26-21(28)15-6-2-4-8-19(15)27)10-17(23)20(16)29-12-14-5-1-3-7-18(14)24/h1-11,27H,12H2,(H,26,28)/b25-11-. The van der Waals surface area contributed by atoms with Crippen LogP contribution < -0.4 is 10.2 Å². The fourth-order valence-corrected chi connectivity index (χ4v) is 4.09. The van der Waals surface area contributed by atoms with E-state index in [1.165, 1.54) is 18.3 Å². The highest BCUT2D eigenvalue weighted by molar-refractivity contribution is 9.11. The molecule has 3 aromatic rings. The summed E-state index contributed by atoms with van der Waals surface area (Å²) < 4.78 is 7.31. The third-order valence-corrected chi connectivity index (χ3v) is 5.43. The Morgan fingerprint density at radius 3 is 2.45 bits per heavy atom. The second-order valence-corrected chi connectivity index (χ2v) is 8.03. The largest absolute Gasteiger partial charge is 0.507 e. The summed E-state index contributed by atoms with van der Waals surface area (Å²) in [4.78, 5) is 12.1. The number of phenols is 1. The van der Waals surface area contributed by atoms with E-state index < -0.39 is 5.91 Å². The second-order valence-electron chi connectivity index (χ2n) is 5.91. The number of aromatic hydroxyl groups is 1. The van der Waals surface area contributed by atoms with E-state index >= 15 is 0 Å². The van der Waals surface area contributed by atoms with Gasteiger partial charge in [0.15, 0.2) is 0 Å². The molecule has 1 amide bonds. The molecule has 0 aliphatic rings. The molecular weight excluding hydrogens is 524 g/mol. The average molecular weight is 539 g/mol. The van der Waals surface area contributed by atoms with Gasteiger partial charge in [0.1, 0.15) is 18.1 Å². The number of hydrazone groups is 1. The van der Waals surface area contributed by atoms with Crippen LogP contribution in [0.5, 0.6) is 11.5 Å². The van der Waals surface area contributed by atoms with E-state index in [2.05, 4.69) is 42.4 Å². The summed E-state index contributed by atoms with van der Waals surface area (Å²) >= 11 is 13.1. The summed E-state index contributed by atoms with van der Waals surface area (Å²) in [7, 11) is 0. The van der Waals surface area contributed by atoms with Crippen LogP contribution in [-0.4, -0.2) is 17.2 Å². The van der Waals surface area contributed by atoms with Crippen molar-refractivity contribution < 1.29 is 14.6 Å². The summed E-state index contributed by atoms with van der Waals surface area (Å²) in [5.41, 5.74) is 4.15. The third-order valence-electron chi connectivity index (χ3n) is 3.88. The zero-order valence-corrected chi connectivity index (χ0v) is 18.8. The first-order valence-electron chi connectivity index (χ1n) is 8.42. The zero-order chi connectivity index (χ0) is 20.8. The van der Waals surface area contributed by atoms with Gasteiger partial charge in [-0.3, -0.25) is 4.79 Å². The molecule has 0 aliphatic heterocycles. The first-order valence-corrected chi connectivity index (χ1v) is 10.4. The van der Waals surface area contributed by atoms with E-state index in [1.54, 1.807) is 12.1 Å². The molecule has 0 radical (unpaired) electrons. The van der Waals surface area contributed by atoms with Crippen molar-refractivity contribution in [3.05, 3.63) is 91.3 Å². The number of ether oxygens (including phenoxy) is 1. The van der Waals surface area contributed by atoms with Gasteiger partial charge in [0.25, 0.3) is 5.91 Å². The van der Waals surface area contributed by atoms with Crippen LogP contribution in [0.2, 0.25) is 5.02 Å². The number of hydrogen-bond donors (Lipinski definition) is 2. The van der Waals surface area contributed by atoms with Gasteiger partial charge in [-0.25, -0.2) is 5.43 Å². The molecule has 0 spiro atoms. The highest BCUT2D eigenvalue weighted by Crippen LogP contribution is 2.35. The highest BCUT2D eigenvalue weighted by atomic mass is 79.9. The summed E-state index contributed by atoms with van der Waals surface area (Å²) in [6.07, 6.45) is 1.49. The summed E-state index contributed by atoms with van der Waals surface area (Å²) in [5, 5.41) is 14.3. The molecule has 0 saturated carbocycles. The number of para-hydroxylation sites is 1. The molecule has 8 heteroatoms. The van der Waals surface area contributed by atoms with Crippen LogP contribution in [0, 0.1) is 0 Å². The van der Waals surface area contributed by atoms with Crippen LogP contribution in [-0.2, 0) is 6.61 Å². The van der Waals surface area contributed by atoms with E-state index in [0.29, 0.717) is 26.3 Å². The van der Waals surface area contributed by atoms with Gasteiger partial charge in [-0.05, 0) is 67.8 Å². The number of benzene rings is 3. The first-order chi connectivity index (χ1) is 14.0. The van der Waals surface area contributed by atoms with Gasteiger partial charge in [-0.1, -0.05) is 41.9 Å². The fraction of sp³-hybridized carbons (Fsp3) is 0.0476. The molecule has 0 aliphatic carbocycles. The van der Waals surface area contributed by atoms with Crippen LogP contribution >= 0.6 is 43.5 Å². The van der Waals surface area contributed by atoms with Crippen molar-refractivity contribution in [1.82, 2.24) is 5.43 Å². The Labute approximate surface area is 189 Å². The van der Waals surface area contributed by atoms with Crippen molar-refractivity contribution in [2.75, 3.05) is 0 Å². The normalized spacial score (nSPS) is 10.9. The van der Waals surface area contributed by atoms with E-state index in [0.717, 1.165) is 11.1 Å². The van der Waals surface area contributed by atoms with Gasteiger partial charge >= 0.3 is 0 Å². The maximum absolute atomic E-state index is 12.1. The van der Waals surface area contributed by atoms with Crippen molar-refractivity contribution in [3.63, 3.8) is 0 Å². The van der Waals surface area contributed by atoms with Gasteiger partial charge < -0.3 is 9.84 Å². The second kappa shape index (κ2) is 9.91. The Morgan fingerprint density at radius 2 is 1.76 bits per heavy atom. The molecule has 3 rings (SSSR count). The zero-order valence-electron chi connectivity index (χ0n) is 14.9. The van der Waals surface area contributed by atoms with E-state index in [9.17, 15) is 9.90 Å². The fourth-order valence-electron chi connectivity index (χ4n) is 2.45. The number of rotatable bonds is 6. The summed E-state index contributed by atoms with van der Waals surface area (Å²) in [5.74, 6) is 0.0168. The van der Waals surface area contributed by atoms with Gasteiger partial charge in [-0.2, -0.15) is 5.10 Å². The number of nitrogens with one attached hydrogen (secondary N) is 1. The lowest BCUT2D eigenvalue weighted by Crippen LogP contribution is -2.17. The van der Waals surface area contributed by atoms with Crippen molar-refractivity contribution >= 4 is 55.6 Å². The van der Waals surface area contributed by atoms with Crippen molar-refractivity contribution in [1.29, 1.82) is 0 Å². The van der Waals surface area contributed by atoms with Gasteiger partial charge in [0, 0.05) is 10.6 Å². The highest BCUT2D eigenvalue weighted by Gasteiger charge is 2.11. The Morgan fingerprint density at radius 1 is 1.10 bits per heavy atom.